The van der Waals surface area contributed by atoms with Gasteiger partial charge in [0.2, 0.25) is 5.91 Å². The Balaban J connectivity index is 2.60. The van der Waals surface area contributed by atoms with Gasteiger partial charge in [0.1, 0.15) is 0 Å². The number of amides is 1. The van der Waals surface area contributed by atoms with Gasteiger partial charge in [-0.25, -0.2) is 0 Å². The van der Waals surface area contributed by atoms with Crippen molar-refractivity contribution in [3.8, 4) is 0 Å². The molecule has 1 amide bonds. The molecule has 3 heteroatoms. The number of piperazine rings is 1. The topological polar surface area (TPSA) is 32.3 Å². The van der Waals surface area contributed by atoms with Gasteiger partial charge in [0.25, 0.3) is 0 Å². The second kappa shape index (κ2) is 3.92. The van der Waals surface area contributed by atoms with Gasteiger partial charge in [-0.1, -0.05) is 6.58 Å². The SMILES string of the molecule is C=C(C)C(=O)N1CC(C)NC(C)C1. The van der Waals surface area contributed by atoms with Crippen LogP contribution in [0, 0.1) is 0 Å². The summed E-state index contributed by atoms with van der Waals surface area (Å²) in [6.07, 6.45) is 0. The van der Waals surface area contributed by atoms with Crippen LogP contribution in [0.1, 0.15) is 20.8 Å². The van der Waals surface area contributed by atoms with Crippen LogP contribution in [0.5, 0.6) is 0 Å². The number of carbonyl (C=O) groups is 1. The van der Waals surface area contributed by atoms with Crippen LogP contribution in [0.25, 0.3) is 0 Å². The van der Waals surface area contributed by atoms with Crippen molar-refractivity contribution in [1.29, 1.82) is 0 Å². The van der Waals surface area contributed by atoms with Gasteiger partial charge in [-0.3, -0.25) is 4.79 Å². The smallest absolute Gasteiger partial charge is 0.248 e. The molecule has 0 spiro atoms. The molecule has 0 aromatic rings. The van der Waals surface area contributed by atoms with Crippen LogP contribution in [0.2, 0.25) is 0 Å². The number of nitrogens with one attached hydrogen (secondary N) is 1. The fraction of sp³-hybridized carbons (Fsp3) is 0.700. The third-order valence-electron chi connectivity index (χ3n) is 2.21. The molecule has 1 aliphatic rings. The van der Waals surface area contributed by atoms with Gasteiger partial charge in [0, 0.05) is 30.7 Å². The minimum atomic E-state index is 0.0835. The molecule has 2 unspecified atom stereocenters. The van der Waals surface area contributed by atoms with E-state index < -0.39 is 0 Å². The Morgan fingerprint density at radius 1 is 1.38 bits per heavy atom. The van der Waals surface area contributed by atoms with Crippen molar-refractivity contribution >= 4 is 5.91 Å². The lowest BCUT2D eigenvalue weighted by Crippen LogP contribution is -2.55. The van der Waals surface area contributed by atoms with Crippen molar-refractivity contribution in [2.75, 3.05) is 13.1 Å². The Labute approximate surface area is 79.8 Å². The fourth-order valence-electron chi connectivity index (χ4n) is 1.76. The van der Waals surface area contributed by atoms with E-state index in [4.69, 9.17) is 0 Å². The molecule has 0 radical (unpaired) electrons. The van der Waals surface area contributed by atoms with E-state index in [2.05, 4.69) is 25.7 Å². The van der Waals surface area contributed by atoms with E-state index in [0.717, 1.165) is 13.1 Å². The summed E-state index contributed by atoms with van der Waals surface area (Å²) >= 11 is 0. The van der Waals surface area contributed by atoms with Crippen LogP contribution < -0.4 is 5.32 Å². The van der Waals surface area contributed by atoms with Crippen molar-refractivity contribution in [3.05, 3.63) is 12.2 Å². The van der Waals surface area contributed by atoms with E-state index in [0.29, 0.717) is 17.7 Å². The van der Waals surface area contributed by atoms with Gasteiger partial charge in [-0.05, 0) is 20.8 Å². The van der Waals surface area contributed by atoms with Crippen molar-refractivity contribution < 1.29 is 4.79 Å². The van der Waals surface area contributed by atoms with Crippen LogP contribution in [0.15, 0.2) is 12.2 Å². The van der Waals surface area contributed by atoms with Crippen LogP contribution in [-0.4, -0.2) is 36.0 Å². The monoisotopic (exact) mass is 182 g/mol. The van der Waals surface area contributed by atoms with Crippen LogP contribution in [-0.2, 0) is 4.79 Å². The summed E-state index contributed by atoms with van der Waals surface area (Å²) in [5.41, 5.74) is 0.626. The molecule has 0 aromatic heterocycles. The van der Waals surface area contributed by atoms with Gasteiger partial charge in [-0.15, -0.1) is 0 Å². The summed E-state index contributed by atoms with van der Waals surface area (Å²) < 4.78 is 0. The highest BCUT2D eigenvalue weighted by Crippen LogP contribution is 2.07. The van der Waals surface area contributed by atoms with Crippen molar-refractivity contribution in [2.24, 2.45) is 0 Å². The summed E-state index contributed by atoms with van der Waals surface area (Å²) in [5, 5.41) is 3.38. The zero-order valence-corrected chi connectivity index (χ0v) is 8.63. The Morgan fingerprint density at radius 2 is 1.85 bits per heavy atom. The highest BCUT2D eigenvalue weighted by atomic mass is 16.2. The van der Waals surface area contributed by atoms with E-state index in [1.807, 2.05) is 4.90 Å². The van der Waals surface area contributed by atoms with Gasteiger partial charge in [0.05, 0.1) is 0 Å². The van der Waals surface area contributed by atoms with E-state index in [9.17, 15) is 4.79 Å². The number of hydrogen-bond donors (Lipinski definition) is 1. The summed E-state index contributed by atoms with van der Waals surface area (Å²) in [6.45, 7) is 11.2. The minimum absolute atomic E-state index is 0.0835. The molecular formula is C10H18N2O. The van der Waals surface area contributed by atoms with Gasteiger partial charge in [0.15, 0.2) is 0 Å². The molecule has 1 rings (SSSR count). The fourth-order valence-corrected chi connectivity index (χ4v) is 1.76. The third kappa shape index (κ3) is 2.56. The minimum Gasteiger partial charge on any atom is -0.336 e. The number of nitrogens with zero attached hydrogens (tertiary/aromatic N) is 1. The first-order valence-electron chi connectivity index (χ1n) is 4.71. The lowest BCUT2D eigenvalue weighted by Gasteiger charge is -2.36. The van der Waals surface area contributed by atoms with Gasteiger partial charge in [-0.2, -0.15) is 0 Å². The molecule has 1 N–H and O–H groups in total. The lowest BCUT2D eigenvalue weighted by molar-refractivity contribution is -0.128. The molecule has 13 heavy (non-hydrogen) atoms. The Bertz CT molecular complexity index is 215. The zero-order chi connectivity index (χ0) is 10.0. The molecule has 1 aliphatic heterocycles. The number of carbonyl (C=O) groups excluding carboxylic acids is 1. The van der Waals surface area contributed by atoms with Gasteiger partial charge < -0.3 is 10.2 Å². The molecule has 0 saturated carbocycles. The standard InChI is InChI=1S/C10H18N2O/c1-7(2)10(13)12-5-8(3)11-9(4)6-12/h8-9,11H,1,5-6H2,2-4H3. The first kappa shape index (κ1) is 10.3. The second-order valence-corrected chi connectivity index (χ2v) is 3.96. The molecule has 0 aliphatic carbocycles. The maximum absolute atomic E-state index is 11.6. The Kier molecular flexibility index (Phi) is 3.09. The molecular weight excluding hydrogens is 164 g/mol. The third-order valence-corrected chi connectivity index (χ3v) is 2.21. The van der Waals surface area contributed by atoms with E-state index in [1.54, 1.807) is 6.92 Å². The van der Waals surface area contributed by atoms with Crippen LogP contribution in [0.3, 0.4) is 0 Å². The molecule has 1 saturated heterocycles. The van der Waals surface area contributed by atoms with Crippen molar-refractivity contribution in [1.82, 2.24) is 10.2 Å². The average molecular weight is 182 g/mol. The molecule has 0 bridgehead atoms. The first-order chi connectivity index (χ1) is 6.00. The predicted molar refractivity (Wildman–Crippen MR) is 53.5 cm³/mol. The summed E-state index contributed by atoms with van der Waals surface area (Å²) in [5.74, 6) is 0.0835. The predicted octanol–water partition coefficient (Wildman–Crippen LogP) is 0.771. The van der Waals surface area contributed by atoms with Gasteiger partial charge >= 0.3 is 0 Å². The van der Waals surface area contributed by atoms with E-state index >= 15 is 0 Å². The Morgan fingerprint density at radius 3 is 2.23 bits per heavy atom. The Hall–Kier alpha value is -0.830. The zero-order valence-electron chi connectivity index (χ0n) is 8.63. The molecule has 1 fully saturated rings. The van der Waals surface area contributed by atoms with Crippen molar-refractivity contribution in [2.45, 2.75) is 32.9 Å². The summed E-state index contributed by atoms with van der Waals surface area (Å²) in [6, 6.07) is 0.763. The van der Waals surface area contributed by atoms with Crippen LogP contribution in [0.4, 0.5) is 0 Å². The molecule has 1 heterocycles. The first-order valence-corrected chi connectivity index (χ1v) is 4.71. The molecule has 74 valence electrons. The molecule has 3 nitrogen and oxygen atoms in total. The van der Waals surface area contributed by atoms with Crippen molar-refractivity contribution in [3.63, 3.8) is 0 Å². The highest BCUT2D eigenvalue weighted by molar-refractivity contribution is 5.92. The molecule has 0 aromatic carbocycles. The summed E-state index contributed by atoms with van der Waals surface area (Å²) in [7, 11) is 0. The highest BCUT2D eigenvalue weighted by Gasteiger charge is 2.24. The van der Waals surface area contributed by atoms with E-state index in [-0.39, 0.29) is 5.91 Å². The average Bonchev–Trinajstić information content (AvgIpc) is 2.01. The molecule has 2 atom stereocenters. The quantitative estimate of drug-likeness (QED) is 0.608. The normalized spacial score (nSPS) is 28.7. The maximum atomic E-state index is 11.6. The second-order valence-electron chi connectivity index (χ2n) is 3.96. The number of hydrogen-bond acceptors (Lipinski definition) is 2. The van der Waals surface area contributed by atoms with Crippen LogP contribution >= 0.6 is 0 Å². The largest absolute Gasteiger partial charge is 0.336 e. The van der Waals surface area contributed by atoms with E-state index in [1.165, 1.54) is 0 Å². The maximum Gasteiger partial charge on any atom is 0.248 e. The number of rotatable bonds is 1. The lowest BCUT2D eigenvalue weighted by atomic mass is 10.1. The summed E-state index contributed by atoms with van der Waals surface area (Å²) in [4.78, 5) is 13.5.